The highest BCUT2D eigenvalue weighted by molar-refractivity contribution is 14.1. The minimum Gasteiger partial charge on any atom is -0.507 e. The van der Waals surface area contributed by atoms with Crippen LogP contribution in [0.5, 0.6) is 5.75 Å². The molecule has 0 amide bonds. The summed E-state index contributed by atoms with van der Waals surface area (Å²) in [6.45, 7) is 0. The fourth-order valence-electron chi connectivity index (χ4n) is 1.20. The molecule has 0 fully saturated rings. The van der Waals surface area contributed by atoms with Crippen LogP contribution in [0.3, 0.4) is 0 Å². The lowest BCUT2D eigenvalue weighted by Gasteiger charge is -1.98. The van der Waals surface area contributed by atoms with Crippen LogP contribution < -0.4 is 0 Å². The zero-order valence-corrected chi connectivity index (χ0v) is 11.4. The second-order valence-corrected chi connectivity index (χ2v) is 5.14. The molecule has 0 radical (unpaired) electrons. The maximum atomic E-state index is 9.57. The van der Waals surface area contributed by atoms with Crippen LogP contribution in [0.2, 0.25) is 0 Å². The third-order valence-electron chi connectivity index (χ3n) is 1.93. The van der Waals surface area contributed by atoms with Crippen LogP contribution >= 0.6 is 34.4 Å². The molecule has 1 N–H and O–H groups in total. The van der Waals surface area contributed by atoms with Crippen molar-refractivity contribution in [1.82, 2.24) is 10.1 Å². The normalized spacial score (nSPS) is 10.6. The Bertz CT molecular complexity index is 501. The van der Waals surface area contributed by atoms with Gasteiger partial charge in [0.15, 0.2) is 5.82 Å². The van der Waals surface area contributed by atoms with Gasteiger partial charge < -0.3 is 9.63 Å². The molecule has 2 rings (SSSR count). The first-order valence-corrected chi connectivity index (χ1v) is 6.98. The van der Waals surface area contributed by atoms with E-state index in [0.717, 1.165) is 14.9 Å². The summed E-state index contributed by atoms with van der Waals surface area (Å²) in [7, 11) is 0. The van der Waals surface area contributed by atoms with Crippen LogP contribution in [-0.2, 0) is 5.75 Å². The van der Waals surface area contributed by atoms with E-state index in [4.69, 9.17) is 4.52 Å². The van der Waals surface area contributed by atoms with Crippen molar-refractivity contribution in [2.24, 2.45) is 0 Å². The molecular weight excluding hydrogens is 339 g/mol. The molecule has 0 aliphatic heterocycles. The lowest BCUT2D eigenvalue weighted by molar-refractivity contribution is 0.424. The van der Waals surface area contributed by atoms with Crippen LogP contribution in [0, 0.1) is 3.57 Å². The largest absolute Gasteiger partial charge is 0.507 e. The number of thioether (sulfide) groups is 1. The van der Waals surface area contributed by atoms with Gasteiger partial charge in [0.05, 0.1) is 9.32 Å². The van der Waals surface area contributed by atoms with Gasteiger partial charge in [-0.05, 0) is 47.0 Å². The summed E-state index contributed by atoms with van der Waals surface area (Å²) in [5.41, 5.74) is 0.734. The zero-order valence-electron chi connectivity index (χ0n) is 8.48. The predicted octanol–water partition coefficient (Wildman–Crippen LogP) is 2.91. The fraction of sp³-hybridized carbons (Fsp3) is 0.200. The van der Waals surface area contributed by atoms with Gasteiger partial charge >= 0.3 is 0 Å². The standard InChI is InChI=1S/C10H9IN2O2S/c1-16-5-9-12-10(15-13-9)6-2-3-7(11)8(14)4-6/h2-4,14H,5H2,1H3. The lowest BCUT2D eigenvalue weighted by atomic mass is 10.2. The number of phenols is 1. The minimum atomic E-state index is 0.225. The Morgan fingerprint density at radius 1 is 1.50 bits per heavy atom. The van der Waals surface area contributed by atoms with Crippen LogP contribution in [0.15, 0.2) is 22.7 Å². The second-order valence-electron chi connectivity index (χ2n) is 3.11. The average molecular weight is 348 g/mol. The van der Waals surface area contributed by atoms with E-state index >= 15 is 0 Å². The van der Waals surface area contributed by atoms with Gasteiger partial charge in [-0.25, -0.2) is 0 Å². The number of rotatable bonds is 3. The highest BCUT2D eigenvalue weighted by Gasteiger charge is 2.09. The van der Waals surface area contributed by atoms with Gasteiger partial charge in [0.1, 0.15) is 5.75 Å². The minimum absolute atomic E-state index is 0.225. The molecular formula is C10H9IN2O2S. The van der Waals surface area contributed by atoms with Gasteiger partial charge in [-0.2, -0.15) is 16.7 Å². The number of hydrogen-bond donors (Lipinski definition) is 1. The number of aromatic hydroxyl groups is 1. The molecule has 0 saturated heterocycles. The first-order valence-electron chi connectivity index (χ1n) is 4.51. The van der Waals surface area contributed by atoms with Gasteiger partial charge in [-0.1, -0.05) is 5.16 Å². The van der Waals surface area contributed by atoms with Crippen molar-refractivity contribution < 1.29 is 9.63 Å². The molecule has 1 heterocycles. The van der Waals surface area contributed by atoms with Gasteiger partial charge in [0.25, 0.3) is 5.89 Å². The molecule has 4 nitrogen and oxygen atoms in total. The van der Waals surface area contributed by atoms with Crippen LogP contribution in [-0.4, -0.2) is 21.5 Å². The van der Waals surface area contributed by atoms with Crippen LogP contribution in [0.25, 0.3) is 11.5 Å². The van der Waals surface area contributed by atoms with E-state index in [0.29, 0.717) is 11.7 Å². The number of halogens is 1. The molecule has 2 aromatic rings. The quantitative estimate of drug-likeness (QED) is 0.865. The molecule has 0 saturated carbocycles. The van der Waals surface area contributed by atoms with Crippen molar-refractivity contribution in [3.05, 3.63) is 27.6 Å². The van der Waals surface area contributed by atoms with Gasteiger partial charge in [-0.15, -0.1) is 0 Å². The number of aromatic nitrogens is 2. The highest BCUT2D eigenvalue weighted by Crippen LogP contribution is 2.26. The summed E-state index contributed by atoms with van der Waals surface area (Å²) >= 11 is 3.69. The summed E-state index contributed by atoms with van der Waals surface area (Å²) in [4.78, 5) is 4.23. The average Bonchev–Trinajstić information content (AvgIpc) is 2.71. The number of benzene rings is 1. The van der Waals surface area contributed by atoms with Crippen LogP contribution in [0.4, 0.5) is 0 Å². The summed E-state index contributed by atoms with van der Waals surface area (Å²) < 4.78 is 5.91. The van der Waals surface area contributed by atoms with Crippen molar-refractivity contribution in [3.8, 4) is 17.2 Å². The van der Waals surface area contributed by atoms with Crippen molar-refractivity contribution in [3.63, 3.8) is 0 Å². The lowest BCUT2D eigenvalue weighted by Crippen LogP contribution is -1.83. The monoisotopic (exact) mass is 348 g/mol. The molecule has 0 bridgehead atoms. The molecule has 6 heteroatoms. The summed E-state index contributed by atoms with van der Waals surface area (Å²) in [5, 5.41) is 13.4. The number of hydrogen-bond acceptors (Lipinski definition) is 5. The van der Waals surface area contributed by atoms with E-state index in [1.807, 2.05) is 18.4 Å². The first kappa shape index (κ1) is 11.7. The third kappa shape index (κ3) is 2.49. The van der Waals surface area contributed by atoms with E-state index in [1.165, 1.54) is 0 Å². The summed E-state index contributed by atoms with van der Waals surface area (Å²) in [5.74, 6) is 2.05. The molecule has 16 heavy (non-hydrogen) atoms. The van der Waals surface area contributed by atoms with Gasteiger partial charge in [-0.3, -0.25) is 0 Å². The highest BCUT2D eigenvalue weighted by atomic mass is 127. The van der Waals surface area contributed by atoms with Crippen molar-refractivity contribution in [1.29, 1.82) is 0 Å². The molecule has 84 valence electrons. The Labute approximate surface area is 111 Å². The fourth-order valence-corrected chi connectivity index (χ4v) is 1.92. The zero-order chi connectivity index (χ0) is 11.5. The SMILES string of the molecule is CSCc1noc(-c2ccc(I)c(O)c2)n1. The van der Waals surface area contributed by atoms with Crippen molar-refractivity contribution >= 4 is 34.4 Å². The smallest absolute Gasteiger partial charge is 0.258 e. The molecule has 1 aromatic carbocycles. The molecule has 0 spiro atoms. The van der Waals surface area contributed by atoms with Crippen molar-refractivity contribution in [2.75, 3.05) is 6.26 Å². The maximum Gasteiger partial charge on any atom is 0.258 e. The summed E-state index contributed by atoms with van der Waals surface area (Å²) in [6, 6.07) is 5.28. The first-order chi connectivity index (χ1) is 7.70. The Hall–Kier alpha value is -0.760. The Morgan fingerprint density at radius 3 is 3.00 bits per heavy atom. The number of phenolic OH excluding ortho intramolecular Hbond substituents is 1. The topological polar surface area (TPSA) is 59.2 Å². The van der Waals surface area contributed by atoms with E-state index in [2.05, 4.69) is 32.7 Å². The van der Waals surface area contributed by atoms with Crippen LogP contribution in [0.1, 0.15) is 5.82 Å². The maximum absolute atomic E-state index is 9.57. The summed E-state index contributed by atoms with van der Waals surface area (Å²) in [6.07, 6.45) is 1.98. The molecule has 1 aromatic heterocycles. The molecule has 0 unspecified atom stereocenters. The predicted molar refractivity (Wildman–Crippen MR) is 71.3 cm³/mol. The molecule has 0 atom stereocenters. The van der Waals surface area contributed by atoms with E-state index in [9.17, 15) is 5.11 Å². The second kappa shape index (κ2) is 5.05. The number of nitrogens with zero attached hydrogens (tertiary/aromatic N) is 2. The van der Waals surface area contributed by atoms with E-state index < -0.39 is 0 Å². The molecule has 0 aliphatic rings. The Balaban J connectivity index is 2.31. The van der Waals surface area contributed by atoms with E-state index in [1.54, 1.807) is 17.8 Å². The van der Waals surface area contributed by atoms with E-state index in [-0.39, 0.29) is 5.75 Å². The molecule has 0 aliphatic carbocycles. The Morgan fingerprint density at radius 2 is 2.31 bits per heavy atom. The Kier molecular flexibility index (Phi) is 3.70. The van der Waals surface area contributed by atoms with Crippen molar-refractivity contribution in [2.45, 2.75) is 5.75 Å². The van der Waals surface area contributed by atoms with Gasteiger partial charge in [0, 0.05) is 5.56 Å². The van der Waals surface area contributed by atoms with Gasteiger partial charge in [0.2, 0.25) is 0 Å². The third-order valence-corrected chi connectivity index (χ3v) is 3.39.